The van der Waals surface area contributed by atoms with Crippen molar-refractivity contribution in [2.75, 3.05) is 12.4 Å². The van der Waals surface area contributed by atoms with Crippen LogP contribution in [0.1, 0.15) is 10.4 Å². The molecule has 2 aromatic carbocycles. The summed E-state index contributed by atoms with van der Waals surface area (Å²) < 4.78 is 34.3. The van der Waals surface area contributed by atoms with Gasteiger partial charge in [-0.2, -0.15) is 8.78 Å². The van der Waals surface area contributed by atoms with E-state index in [1.807, 2.05) is 35.8 Å². The monoisotopic (exact) mass is 415 g/mol. The number of anilines is 1. The van der Waals surface area contributed by atoms with Crippen LogP contribution in [0.4, 0.5) is 13.9 Å². The van der Waals surface area contributed by atoms with Crippen molar-refractivity contribution < 1.29 is 23.0 Å². The van der Waals surface area contributed by atoms with E-state index in [1.165, 1.54) is 36.6 Å². The zero-order chi connectivity index (χ0) is 20.4. The van der Waals surface area contributed by atoms with E-state index in [9.17, 15) is 13.6 Å². The third kappa shape index (κ3) is 3.90. The molecule has 0 aliphatic heterocycles. The van der Waals surface area contributed by atoms with Crippen molar-refractivity contribution in [2.24, 2.45) is 0 Å². The number of amides is 1. The van der Waals surface area contributed by atoms with Crippen molar-refractivity contribution in [1.29, 1.82) is 0 Å². The fraction of sp³-hybridized carbons (Fsp3) is 0.100. The summed E-state index contributed by atoms with van der Waals surface area (Å²) in [7, 11) is 1.31. The first-order valence-corrected chi connectivity index (χ1v) is 9.39. The molecule has 0 fully saturated rings. The SMILES string of the molecule is COc1cc(C(=O)Nc2nc(-c3c[nH]c4ccccc34)cs2)ccc1OC(F)F. The first-order chi connectivity index (χ1) is 14.0. The predicted octanol–water partition coefficient (Wildman–Crippen LogP) is 5.15. The highest BCUT2D eigenvalue weighted by atomic mass is 32.1. The van der Waals surface area contributed by atoms with Gasteiger partial charge >= 0.3 is 6.61 Å². The van der Waals surface area contributed by atoms with Gasteiger partial charge in [0.25, 0.3) is 5.91 Å². The molecule has 1 amide bonds. The Hall–Kier alpha value is -3.46. The fourth-order valence-corrected chi connectivity index (χ4v) is 3.62. The van der Waals surface area contributed by atoms with E-state index in [-0.39, 0.29) is 17.1 Å². The predicted molar refractivity (Wildman–Crippen MR) is 107 cm³/mol. The Morgan fingerprint density at radius 2 is 2.03 bits per heavy atom. The topological polar surface area (TPSA) is 76.2 Å². The summed E-state index contributed by atoms with van der Waals surface area (Å²) in [5.74, 6) is -0.543. The second-order valence-corrected chi connectivity index (χ2v) is 6.84. The number of fused-ring (bicyclic) bond motifs is 1. The highest BCUT2D eigenvalue weighted by molar-refractivity contribution is 7.14. The second kappa shape index (κ2) is 7.88. The minimum Gasteiger partial charge on any atom is -0.493 e. The van der Waals surface area contributed by atoms with Crippen molar-refractivity contribution in [2.45, 2.75) is 6.61 Å². The van der Waals surface area contributed by atoms with Crippen LogP contribution in [0.5, 0.6) is 11.5 Å². The molecule has 0 unspecified atom stereocenters. The van der Waals surface area contributed by atoms with Crippen LogP contribution < -0.4 is 14.8 Å². The largest absolute Gasteiger partial charge is 0.493 e. The van der Waals surface area contributed by atoms with E-state index >= 15 is 0 Å². The summed E-state index contributed by atoms with van der Waals surface area (Å²) >= 11 is 1.29. The van der Waals surface area contributed by atoms with Gasteiger partial charge in [-0.05, 0) is 24.3 Å². The Balaban J connectivity index is 1.54. The molecule has 4 aromatic rings. The number of nitrogens with one attached hydrogen (secondary N) is 2. The number of methoxy groups -OCH3 is 1. The van der Waals surface area contributed by atoms with Crippen LogP contribution in [0.2, 0.25) is 0 Å². The summed E-state index contributed by atoms with van der Waals surface area (Å²) in [6.45, 7) is -2.98. The smallest absolute Gasteiger partial charge is 0.387 e. The number of ether oxygens (including phenoxy) is 2. The number of benzene rings is 2. The van der Waals surface area contributed by atoms with E-state index in [0.717, 1.165) is 22.2 Å². The van der Waals surface area contributed by atoms with Gasteiger partial charge in [0.1, 0.15) is 0 Å². The number of rotatable bonds is 6. The van der Waals surface area contributed by atoms with Crippen molar-refractivity contribution in [3.05, 3.63) is 59.6 Å². The zero-order valence-electron chi connectivity index (χ0n) is 15.1. The Labute approximate surface area is 168 Å². The molecular formula is C20H15F2N3O3S. The zero-order valence-corrected chi connectivity index (χ0v) is 15.9. The highest BCUT2D eigenvalue weighted by Gasteiger charge is 2.16. The van der Waals surface area contributed by atoms with Gasteiger partial charge in [-0.3, -0.25) is 10.1 Å². The molecule has 0 aliphatic carbocycles. The van der Waals surface area contributed by atoms with E-state index in [4.69, 9.17) is 4.74 Å². The van der Waals surface area contributed by atoms with E-state index in [1.54, 1.807) is 0 Å². The van der Waals surface area contributed by atoms with Gasteiger partial charge in [-0.25, -0.2) is 4.98 Å². The number of nitrogens with zero attached hydrogens (tertiary/aromatic N) is 1. The Morgan fingerprint density at radius 3 is 2.83 bits per heavy atom. The Bertz CT molecular complexity index is 1170. The number of hydrogen-bond donors (Lipinski definition) is 2. The summed E-state index contributed by atoms with van der Waals surface area (Å²) in [5, 5.41) is 6.02. The first kappa shape index (κ1) is 18.9. The number of thiazole rings is 1. The maximum absolute atomic E-state index is 12.5. The van der Waals surface area contributed by atoms with E-state index in [2.05, 4.69) is 20.0 Å². The standard InChI is InChI=1S/C20H15F2N3O3S/c1-27-17-8-11(6-7-16(17)28-19(21)22)18(26)25-20-24-15(10-29-20)13-9-23-14-5-3-2-4-12(13)14/h2-10,19,23H,1H3,(H,24,25,26). The van der Waals surface area contributed by atoms with Crippen LogP contribution in [0.25, 0.3) is 22.2 Å². The Morgan fingerprint density at radius 1 is 1.21 bits per heavy atom. The van der Waals surface area contributed by atoms with E-state index in [0.29, 0.717) is 5.13 Å². The third-order valence-electron chi connectivity index (χ3n) is 4.23. The molecule has 0 atom stereocenters. The number of aromatic amines is 1. The molecule has 29 heavy (non-hydrogen) atoms. The Kier molecular flexibility index (Phi) is 5.13. The van der Waals surface area contributed by atoms with Crippen LogP contribution >= 0.6 is 11.3 Å². The summed E-state index contributed by atoms with van der Waals surface area (Å²) in [6, 6.07) is 11.8. The molecule has 6 nitrogen and oxygen atoms in total. The lowest BCUT2D eigenvalue weighted by Crippen LogP contribution is -2.12. The number of hydrogen-bond acceptors (Lipinski definition) is 5. The first-order valence-electron chi connectivity index (χ1n) is 8.51. The van der Waals surface area contributed by atoms with Crippen LogP contribution in [0, 0.1) is 0 Å². The highest BCUT2D eigenvalue weighted by Crippen LogP contribution is 2.32. The maximum Gasteiger partial charge on any atom is 0.387 e. The van der Waals surface area contributed by atoms with Gasteiger partial charge in [0.15, 0.2) is 16.6 Å². The molecule has 0 spiro atoms. The molecule has 2 N–H and O–H groups in total. The number of carbonyl (C=O) groups is 1. The molecule has 4 rings (SSSR count). The fourth-order valence-electron chi connectivity index (χ4n) is 2.91. The average molecular weight is 415 g/mol. The molecule has 0 aliphatic rings. The molecule has 0 saturated heterocycles. The van der Waals surface area contributed by atoms with Gasteiger partial charge in [-0.1, -0.05) is 18.2 Å². The summed E-state index contributed by atoms with van der Waals surface area (Å²) in [4.78, 5) is 20.2. The number of alkyl halides is 2. The normalized spacial score (nSPS) is 11.0. The number of aromatic nitrogens is 2. The van der Waals surface area contributed by atoms with Crippen LogP contribution in [-0.4, -0.2) is 29.6 Å². The van der Waals surface area contributed by atoms with Crippen molar-refractivity contribution in [3.8, 4) is 22.8 Å². The lowest BCUT2D eigenvalue weighted by molar-refractivity contribution is -0.0512. The second-order valence-electron chi connectivity index (χ2n) is 5.98. The molecular weight excluding hydrogens is 400 g/mol. The van der Waals surface area contributed by atoms with Crippen LogP contribution in [0.15, 0.2) is 54.0 Å². The van der Waals surface area contributed by atoms with Gasteiger partial charge in [0.05, 0.1) is 12.8 Å². The lowest BCUT2D eigenvalue weighted by Gasteiger charge is -2.11. The van der Waals surface area contributed by atoms with Gasteiger partial charge in [0.2, 0.25) is 0 Å². The molecule has 9 heteroatoms. The van der Waals surface area contributed by atoms with Gasteiger partial charge in [0, 0.05) is 33.6 Å². The van der Waals surface area contributed by atoms with Crippen LogP contribution in [-0.2, 0) is 0 Å². The lowest BCUT2D eigenvalue weighted by atomic mass is 10.1. The molecule has 2 aromatic heterocycles. The summed E-state index contributed by atoms with van der Waals surface area (Å²) in [6.07, 6.45) is 1.87. The van der Waals surface area contributed by atoms with Gasteiger partial charge in [-0.15, -0.1) is 11.3 Å². The van der Waals surface area contributed by atoms with Crippen molar-refractivity contribution >= 4 is 33.3 Å². The third-order valence-corrected chi connectivity index (χ3v) is 4.99. The number of H-pyrrole nitrogens is 1. The molecule has 2 heterocycles. The van der Waals surface area contributed by atoms with Crippen molar-refractivity contribution in [3.63, 3.8) is 0 Å². The quantitative estimate of drug-likeness (QED) is 0.456. The summed E-state index contributed by atoms with van der Waals surface area (Å²) in [5.41, 5.74) is 2.90. The minimum absolute atomic E-state index is 0.0385. The number of para-hydroxylation sites is 1. The maximum atomic E-state index is 12.5. The average Bonchev–Trinajstić information content (AvgIpc) is 3.34. The molecule has 0 radical (unpaired) electrons. The minimum atomic E-state index is -2.98. The van der Waals surface area contributed by atoms with Crippen LogP contribution in [0.3, 0.4) is 0 Å². The molecule has 148 valence electrons. The number of halogens is 2. The van der Waals surface area contributed by atoms with Gasteiger partial charge < -0.3 is 14.5 Å². The van der Waals surface area contributed by atoms with Crippen molar-refractivity contribution in [1.82, 2.24) is 9.97 Å². The molecule has 0 bridgehead atoms. The van der Waals surface area contributed by atoms with E-state index < -0.39 is 12.5 Å². The number of carbonyl (C=O) groups excluding carboxylic acids is 1. The molecule has 0 saturated carbocycles.